The number of rotatable bonds is 7. The van der Waals surface area contributed by atoms with E-state index in [1.165, 1.54) is 24.3 Å². The molecule has 0 aromatic heterocycles. The third-order valence-electron chi connectivity index (χ3n) is 4.18. The lowest BCUT2D eigenvalue weighted by Gasteiger charge is -2.19. The zero-order valence-electron chi connectivity index (χ0n) is 13.8. The lowest BCUT2D eigenvalue weighted by molar-refractivity contribution is -0.137. The maximum absolute atomic E-state index is 11.9. The number of aliphatic carboxylic acids is 1. The molecule has 0 heterocycles. The second-order valence-electron chi connectivity index (χ2n) is 5.78. The molecule has 2 aromatic carbocycles. The number of benzene rings is 2. The van der Waals surface area contributed by atoms with Gasteiger partial charge in [0.2, 0.25) is 0 Å². The highest BCUT2D eigenvalue weighted by molar-refractivity contribution is 5.81. The fourth-order valence-corrected chi connectivity index (χ4v) is 2.87. The molecule has 2 aromatic rings. The molecule has 26 heavy (non-hydrogen) atoms. The van der Waals surface area contributed by atoms with Crippen molar-refractivity contribution in [3.63, 3.8) is 0 Å². The fourth-order valence-electron chi connectivity index (χ4n) is 2.87. The number of carbonyl (C=O) groups is 1. The molecule has 0 saturated heterocycles. The van der Waals surface area contributed by atoms with E-state index in [1.54, 1.807) is 0 Å². The highest BCUT2D eigenvalue weighted by atomic mass is 16.4. The molecule has 0 aliphatic rings. The van der Waals surface area contributed by atoms with Crippen LogP contribution in [0.2, 0.25) is 0 Å². The fraction of sp³-hybridized carbons (Fsp3) is 0.278. The average molecular weight is 364 g/mol. The normalized spacial score (nSPS) is 11.1. The molecule has 0 radical (unpaired) electrons. The van der Waals surface area contributed by atoms with E-state index in [2.05, 4.69) is 0 Å². The van der Waals surface area contributed by atoms with Crippen LogP contribution in [0.5, 0.6) is 11.5 Å². The summed E-state index contributed by atoms with van der Waals surface area (Å²) in [6.07, 6.45) is 0. The molecule has 0 unspecified atom stereocenters. The summed E-state index contributed by atoms with van der Waals surface area (Å²) >= 11 is 0. The standard InChI is InChI=1S/C18H20O8/c19-5-11-1-9(2-12(6-20)16(11)23)15(18(25)26)10-3-13(7-21)17(24)14(4-10)8-22/h1-4,15,19-24H,5-8H2,(H,25,26). The van der Waals surface area contributed by atoms with Gasteiger partial charge in [0.05, 0.1) is 26.4 Å². The van der Waals surface area contributed by atoms with Crippen molar-refractivity contribution in [3.8, 4) is 11.5 Å². The second kappa shape index (κ2) is 8.15. The predicted octanol–water partition coefficient (Wildman–Crippen LogP) is 0.283. The van der Waals surface area contributed by atoms with E-state index < -0.39 is 38.3 Å². The van der Waals surface area contributed by atoms with E-state index in [4.69, 9.17) is 0 Å². The number of aliphatic hydroxyl groups is 4. The van der Waals surface area contributed by atoms with E-state index in [9.17, 15) is 40.5 Å². The molecule has 0 amide bonds. The van der Waals surface area contributed by atoms with Gasteiger partial charge in [-0.1, -0.05) is 0 Å². The molecule has 0 saturated carbocycles. The first-order chi connectivity index (χ1) is 12.4. The van der Waals surface area contributed by atoms with Crippen LogP contribution in [-0.2, 0) is 31.2 Å². The Hall–Kier alpha value is -2.65. The first-order valence-electron chi connectivity index (χ1n) is 7.73. The Balaban J connectivity index is 2.70. The lowest BCUT2D eigenvalue weighted by Crippen LogP contribution is -2.15. The SMILES string of the molecule is O=C(O)C(c1cc(CO)c(O)c(CO)c1)c1cc(CO)c(O)c(CO)c1. The zero-order chi connectivity index (χ0) is 19.4. The third-order valence-corrected chi connectivity index (χ3v) is 4.18. The van der Waals surface area contributed by atoms with Crippen molar-refractivity contribution in [1.82, 2.24) is 0 Å². The Bertz CT molecular complexity index is 703. The quantitative estimate of drug-likeness (QED) is 0.369. The number of hydrogen-bond donors (Lipinski definition) is 7. The number of aliphatic hydroxyl groups excluding tert-OH is 4. The Morgan fingerprint density at radius 1 is 0.692 bits per heavy atom. The van der Waals surface area contributed by atoms with Crippen molar-refractivity contribution in [3.05, 3.63) is 57.6 Å². The van der Waals surface area contributed by atoms with Crippen LogP contribution in [0.3, 0.4) is 0 Å². The van der Waals surface area contributed by atoms with Gasteiger partial charge in [-0.25, -0.2) is 0 Å². The first kappa shape index (κ1) is 19.7. The van der Waals surface area contributed by atoms with Crippen LogP contribution in [0.15, 0.2) is 24.3 Å². The van der Waals surface area contributed by atoms with Crippen LogP contribution in [0.25, 0.3) is 0 Å². The summed E-state index contributed by atoms with van der Waals surface area (Å²) in [5, 5.41) is 67.0. The maximum atomic E-state index is 11.9. The molecule has 0 fully saturated rings. The minimum atomic E-state index is -1.28. The van der Waals surface area contributed by atoms with E-state index in [0.29, 0.717) is 0 Å². The topological polar surface area (TPSA) is 159 Å². The molecular formula is C18H20O8. The van der Waals surface area contributed by atoms with Crippen molar-refractivity contribution in [2.45, 2.75) is 32.3 Å². The summed E-state index contributed by atoms with van der Waals surface area (Å²) in [5.74, 6) is -3.18. The summed E-state index contributed by atoms with van der Waals surface area (Å²) in [7, 11) is 0. The Labute approximate surface area is 148 Å². The van der Waals surface area contributed by atoms with Gasteiger partial charge in [-0.3, -0.25) is 4.79 Å². The van der Waals surface area contributed by atoms with Gasteiger partial charge in [-0.05, 0) is 35.4 Å². The second-order valence-corrected chi connectivity index (χ2v) is 5.78. The van der Waals surface area contributed by atoms with Crippen molar-refractivity contribution in [2.75, 3.05) is 0 Å². The van der Waals surface area contributed by atoms with E-state index in [-0.39, 0.29) is 44.9 Å². The monoisotopic (exact) mass is 364 g/mol. The van der Waals surface area contributed by atoms with E-state index >= 15 is 0 Å². The molecule has 0 spiro atoms. The summed E-state index contributed by atoms with van der Waals surface area (Å²) in [6.45, 7) is -2.23. The molecule has 0 aliphatic carbocycles. The van der Waals surface area contributed by atoms with Gasteiger partial charge < -0.3 is 35.7 Å². The lowest BCUT2D eigenvalue weighted by atomic mass is 9.87. The van der Waals surface area contributed by atoms with Gasteiger partial charge in [-0.2, -0.15) is 0 Å². The van der Waals surface area contributed by atoms with Crippen molar-refractivity contribution in [2.24, 2.45) is 0 Å². The summed E-state index contributed by atoms with van der Waals surface area (Å²) in [6, 6.07) is 5.21. The molecule has 8 heteroatoms. The van der Waals surface area contributed by atoms with Gasteiger partial charge >= 0.3 is 5.97 Å². The summed E-state index contributed by atoms with van der Waals surface area (Å²) in [4.78, 5) is 11.9. The number of carboxylic acids is 1. The molecule has 0 atom stereocenters. The largest absolute Gasteiger partial charge is 0.507 e. The minimum Gasteiger partial charge on any atom is -0.507 e. The van der Waals surface area contributed by atoms with Gasteiger partial charge in [0, 0.05) is 22.3 Å². The maximum Gasteiger partial charge on any atom is 0.315 e. The number of hydrogen-bond acceptors (Lipinski definition) is 7. The van der Waals surface area contributed by atoms with Crippen molar-refractivity contribution < 1.29 is 40.5 Å². The highest BCUT2D eigenvalue weighted by Crippen LogP contribution is 2.35. The van der Waals surface area contributed by atoms with Crippen LogP contribution in [-0.4, -0.2) is 41.7 Å². The summed E-state index contributed by atoms with van der Waals surface area (Å²) in [5.41, 5.74) is 0.592. The Kier molecular flexibility index (Phi) is 6.17. The zero-order valence-corrected chi connectivity index (χ0v) is 13.8. The van der Waals surface area contributed by atoms with Gasteiger partial charge in [0.25, 0.3) is 0 Å². The van der Waals surface area contributed by atoms with Crippen LogP contribution in [0, 0.1) is 0 Å². The smallest absolute Gasteiger partial charge is 0.315 e. The molecule has 8 nitrogen and oxygen atoms in total. The van der Waals surface area contributed by atoms with E-state index in [1.807, 2.05) is 0 Å². The molecule has 140 valence electrons. The number of carboxylic acid groups (broad SMARTS) is 1. The molecule has 7 N–H and O–H groups in total. The predicted molar refractivity (Wildman–Crippen MR) is 89.4 cm³/mol. The highest BCUT2D eigenvalue weighted by Gasteiger charge is 2.26. The van der Waals surface area contributed by atoms with E-state index in [0.717, 1.165) is 0 Å². The molecule has 0 aliphatic heterocycles. The average Bonchev–Trinajstić information content (AvgIpc) is 2.63. The van der Waals surface area contributed by atoms with Crippen LogP contribution >= 0.6 is 0 Å². The Morgan fingerprint density at radius 3 is 1.15 bits per heavy atom. The minimum absolute atomic E-state index is 0.0568. The molecule has 0 bridgehead atoms. The van der Waals surface area contributed by atoms with Crippen molar-refractivity contribution in [1.29, 1.82) is 0 Å². The van der Waals surface area contributed by atoms with Gasteiger partial charge in [0.15, 0.2) is 0 Å². The van der Waals surface area contributed by atoms with Gasteiger partial charge in [0.1, 0.15) is 17.4 Å². The first-order valence-corrected chi connectivity index (χ1v) is 7.73. The summed E-state index contributed by atoms with van der Waals surface area (Å²) < 4.78 is 0. The van der Waals surface area contributed by atoms with Crippen LogP contribution in [0.4, 0.5) is 0 Å². The van der Waals surface area contributed by atoms with Gasteiger partial charge in [-0.15, -0.1) is 0 Å². The molecule has 2 rings (SSSR count). The van der Waals surface area contributed by atoms with Crippen LogP contribution in [0.1, 0.15) is 39.3 Å². The Morgan fingerprint density at radius 2 is 0.962 bits per heavy atom. The number of aromatic hydroxyl groups is 2. The van der Waals surface area contributed by atoms with Crippen LogP contribution < -0.4 is 0 Å². The third kappa shape index (κ3) is 3.63. The molecular weight excluding hydrogens is 344 g/mol. The number of phenols is 2. The van der Waals surface area contributed by atoms with Crippen molar-refractivity contribution >= 4 is 5.97 Å².